The van der Waals surface area contributed by atoms with Gasteiger partial charge in [0.2, 0.25) is 0 Å². The van der Waals surface area contributed by atoms with Gasteiger partial charge in [-0.2, -0.15) is 0 Å². The van der Waals surface area contributed by atoms with E-state index in [4.69, 9.17) is 5.84 Å². The smallest absolute Gasteiger partial charge is 0.356 e. The fourth-order valence-electron chi connectivity index (χ4n) is 0.984. The van der Waals surface area contributed by atoms with Crippen molar-refractivity contribution in [3.63, 3.8) is 0 Å². The lowest BCUT2D eigenvalue weighted by Gasteiger charge is -2.07. The molecule has 0 aliphatic heterocycles. The van der Waals surface area contributed by atoms with Crippen LogP contribution in [0.2, 0.25) is 0 Å². The zero-order valence-electron chi connectivity index (χ0n) is 7.70. The normalized spacial score (nSPS) is 9.93. The van der Waals surface area contributed by atoms with Gasteiger partial charge in [-0.3, -0.25) is 4.79 Å². The van der Waals surface area contributed by atoms with Crippen LogP contribution in [0.5, 0.6) is 0 Å². The van der Waals surface area contributed by atoms with Gasteiger partial charge < -0.3 is 10.6 Å². The van der Waals surface area contributed by atoms with Gasteiger partial charge in [-0.05, 0) is 34.5 Å². The first kappa shape index (κ1) is 10.8. The number of methoxy groups -OCH3 is 1. The molecule has 1 aromatic rings. The number of ether oxygens (including phenoxy) is 1. The van der Waals surface area contributed by atoms with Crippen molar-refractivity contribution in [2.75, 3.05) is 13.0 Å². The van der Waals surface area contributed by atoms with E-state index in [1.54, 1.807) is 6.92 Å². The highest BCUT2D eigenvalue weighted by Crippen LogP contribution is 2.11. The summed E-state index contributed by atoms with van der Waals surface area (Å²) in [7, 11) is 1.23. The quantitative estimate of drug-likeness (QED) is 0.587. The highest BCUT2D eigenvalue weighted by Gasteiger charge is 2.14. The lowest BCUT2D eigenvalue weighted by Crippen LogP contribution is -2.33. The summed E-state index contributed by atoms with van der Waals surface area (Å²) >= 11 is 3.07. The van der Waals surface area contributed by atoms with Crippen LogP contribution in [-0.2, 0) is 4.74 Å². The summed E-state index contributed by atoms with van der Waals surface area (Å²) in [5, 5.41) is 0. The third-order valence-electron chi connectivity index (χ3n) is 1.76. The van der Waals surface area contributed by atoms with E-state index < -0.39 is 11.5 Å². The summed E-state index contributed by atoms with van der Waals surface area (Å²) in [6.45, 7) is 1.69. The second-order valence-corrected chi connectivity index (χ2v) is 3.49. The molecule has 14 heavy (non-hydrogen) atoms. The van der Waals surface area contributed by atoms with Crippen molar-refractivity contribution in [2.45, 2.75) is 6.92 Å². The number of nitrogens with two attached hydrogens (primary N) is 1. The van der Waals surface area contributed by atoms with E-state index in [1.165, 1.54) is 13.2 Å². The van der Waals surface area contributed by atoms with Crippen molar-refractivity contribution >= 4 is 21.9 Å². The second-order valence-electron chi connectivity index (χ2n) is 2.69. The Morgan fingerprint density at radius 3 is 2.71 bits per heavy atom. The van der Waals surface area contributed by atoms with Crippen LogP contribution >= 0.6 is 15.9 Å². The van der Waals surface area contributed by atoms with Crippen molar-refractivity contribution in [1.82, 2.24) is 4.68 Å². The second kappa shape index (κ2) is 3.83. The fraction of sp³-hybridized carbons (Fsp3) is 0.250. The third kappa shape index (κ3) is 1.65. The molecule has 0 bridgehead atoms. The number of aryl methyl sites for hydroxylation is 1. The predicted molar refractivity (Wildman–Crippen MR) is 54.6 cm³/mol. The molecule has 76 valence electrons. The molecule has 1 rings (SSSR count). The van der Waals surface area contributed by atoms with E-state index in [-0.39, 0.29) is 5.69 Å². The Morgan fingerprint density at radius 1 is 1.64 bits per heavy atom. The third-order valence-corrected chi connectivity index (χ3v) is 2.72. The van der Waals surface area contributed by atoms with Crippen molar-refractivity contribution < 1.29 is 9.53 Å². The molecule has 0 amide bonds. The van der Waals surface area contributed by atoms with Gasteiger partial charge in [-0.15, -0.1) is 0 Å². The van der Waals surface area contributed by atoms with Gasteiger partial charge in [-0.1, -0.05) is 0 Å². The summed E-state index contributed by atoms with van der Waals surface area (Å²) in [6, 6.07) is 1.48. The molecule has 0 fully saturated rings. The van der Waals surface area contributed by atoms with E-state index in [0.717, 1.165) is 4.68 Å². The molecule has 0 aliphatic rings. The molecule has 0 saturated carbocycles. The van der Waals surface area contributed by atoms with Gasteiger partial charge in [0.05, 0.1) is 11.6 Å². The number of carbonyl (C=O) groups excluding carboxylic acids is 1. The van der Waals surface area contributed by atoms with Gasteiger partial charge in [0.15, 0.2) is 5.69 Å². The molecule has 0 aliphatic carbocycles. The van der Waals surface area contributed by atoms with Crippen molar-refractivity contribution in [1.29, 1.82) is 0 Å². The van der Waals surface area contributed by atoms with Crippen molar-refractivity contribution in [3.05, 3.63) is 32.2 Å². The summed E-state index contributed by atoms with van der Waals surface area (Å²) in [4.78, 5) is 22.6. The lowest BCUT2D eigenvalue weighted by molar-refractivity contribution is 0.0589. The fourth-order valence-corrected chi connectivity index (χ4v) is 1.29. The van der Waals surface area contributed by atoms with E-state index in [0.29, 0.717) is 10.0 Å². The maximum absolute atomic E-state index is 11.4. The maximum Gasteiger partial charge on any atom is 0.356 e. The van der Waals surface area contributed by atoms with Crippen LogP contribution < -0.4 is 11.4 Å². The number of hydrogen-bond donors (Lipinski definition) is 1. The van der Waals surface area contributed by atoms with Crippen molar-refractivity contribution in [3.8, 4) is 0 Å². The van der Waals surface area contributed by atoms with Crippen LogP contribution in [0.4, 0.5) is 0 Å². The minimum atomic E-state index is -0.639. The zero-order chi connectivity index (χ0) is 10.9. The number of carbonyl (C=O) groups is 1. The Hall–Kier alpha value is -1.30. The van der Waals surface area contributed by atoms with Gasteiger partial charge in [0, 0.05) is 0 Å². The molecule has 5 nitrogen and oxygen atoms in total. The molecular weight excluding hydrogens is 252 g/mol. The van der Waals surface area contributed by atoms with Crippen molar-refractivity contribution in [2.24, 2.45) is 0 Å². The molecule has 1 heterocycles. The monoisotopic (exact) mass is 260 g/mol. The average Bonchev–Trinajstić information content (AvgIpc) is 2.19. The number of nitrogen functional groups attached to an aromatic ring is 1. The van der Waals surface area contributed by atoms with E-state index in [9.17, 15) is 9.59 Å². The number of esters is 1. The minimum absolute atomic E-state index is 0.0261. The van der Waals surface area contributed by atoms with Gasteiger partial charge in [0.25, 0.3) is 5.56 Å². The number of nitrogens with zero attached hydrogens (tertiary/aromatic N) is 1. The largest absolute Gasteiger partial charge is 0.464 e. The number of rotatable bonds is 1. The Labute approximate surface area is 88.6 Å². The molecule has 2 N–H and O–H groups in total. The standard InChI is InChI=1S/C8H9BrN2O3/c1-4-3-5(8(13)14-2)11(10)7(12)6(4)9/h3H,10H2,1-2H3. The first-order valence-electron chi connectivity index (χ1n) is 3.74. The average molecular weight is 261 g/mol. The molecule has 0 unspecified atom stereocenters. The topological polar surface area (TPSA) is 74.3 Å². The molecule has 0 spiro atoms. The summed E-state index contributed by atoms with van der Waals surface area (Å²) in [5.41, 5.74) is 0.195. The molecule has 0 atom stereocenters. The van der Waals surface area contributed by atoms with Crippen LogP contribution in [0.15, 0.2) is 15.3 Å². The van der Waals surface area contributed by atoms with Crippen LogP contribution in [0.1, 0.15) is 16.1 Å². The molecule has 0 radical (unpaired) electrons. The Kier molecular flexibility index (Phi) is 2.95. The highest BCUT2D eigenvalue weighted by molar-refractivity contribution is 9.10. The van der Waals surface area contributed by atoms with E-state index in [2.05, 4.69) is 20.7 Å². The molecule has 0 saturated heterocycles. The molecule has 0 aromatic carbocycles. The van der Waals surface area contributed by atoms with Crippen LogP contribution in [-0.4, -0.2) is 17.8 Å². The summed E-state index contributed by atoms with van der Waals surface area (Å²) in [6.07, 6.45) is 0. The first-order chi connectivity index (χ1) is 6.49. The summed E-state index contributed by atoms with van der Waals surface area (Å²) < 4.78 is 5.57. The lowest BCUT2D eigenvalue weighted by atomic mass is 10.2. The molecule has 1 aromatic heterocycles. The van der Waals surface area contributed by atoms with Gasteiger partial charge in [0.1, 0.15) is 0 Å². The zero-order valence-corrected chi connectivity index (χ0v) is 9.29. The van der Waals surface area contributed by atoms with Gasteiger partial charge >= 0.3 is 5.97 Å². The van der Waals surface area contributed by atoms with E-state index >= 15 is 0 Å². The van der Waals surface area contributed by atoms with Crippen LogP contribution in [0.25, 0.3) is 0 Å². The number of aromatic nitrogens is 1. The number of pyridine rings is 1. The number of halogens is 1. The minimum Gasteiger partial charge on any atom is -0.464 e. The first-order valence-corrected chi connectivity index (χ1v) is 4.54. The Balaban J connectivity index is 3.49. The molecular formula is C8H9BrN2O3. The molecule has 6 heteroatoms. The maximum atomic E-state index is 11.4. The van der Waals surface area contributed by atoms with E-state index in [1.807, 2.05) is 0 Å². The van der Waals surface area contributed by atoms with Crippen LogP contribution in [0.3, 0.4) is 0 Å². The summed E-state index contributed by atoms with van der Waals surface area (Å²) in [5.74, 6) is 4.76. The Bertz CT molecular complexity index is 439. The predicted octanol–water partition coefficient (Wildman–Crippen LogP) is 0.420. The highest BCUT2D eigenvalue weighted by atomic mass is 79.9. The van der Waals surface area contributed by atoms with Gasteiger partial charge in [-0.25, -0.2) is 9.47 Å². The SMILES string of the molecule is COC(=O)c1cc(C)c(Br)c(=O)n1N. The Morgan fingerprint density at radius 2 is 2.21 bits per heavy atom. The number of hydrogen-bond acceptors (Lipinski definition) is 4. The van der Waals surface area contributed by atoms with Crippen LogP contribution in [0, 0.1) is 6.92 Å².